The fraction of sp³-hybridized carbons (Fsp3) is 0.406. The monoisotopic (exact) mass is 672 g/mol. The Kier molecular flexibility index (Phi) is 14.2. The van der Waals surface area contributed by atoms with E-state index in [-0.39, 0.29) is 12.1 Å². The van der Waals surface area contributed by atoms with E-state index in [9.17, 15) is 0 Å². The number of hydrogen-bond acceptors (Lipinski definition) is 6. The molecule has 39 heavy (non-hydrogen) atoms. The molecule has 2 unspecified atom stereocenters. The summed E-state index contributed by atoms with van der Waals surface area (Å²) in [7, 11) is 3.78. The second-order valence-corrected chi connectivity index (χ2v) is 20.2. The summed E-state index contributed by atoms with van der Waals surface area (Å²) in [6, 6.07) is 26.0. The van der Waals surface area contributed by atoms with Gasteiger partial charge >= 0.3 is 212 Å². The molecule has 210 valence electrons. The average Bonchev–Trinajstić information content (AvgIpc) is 3.35. The third-order valence-corrected chi connectivity index (χ3v) is 14.6. The number of aryl methyl sites for hydroxylation is 1. The van der Waals surface area contributed by atoms with E-state index in [0.717, 1.165) is 35.5 Å². The van der Waals surface area contributed by atoms with Crippen LogP contribution >= 0.6 is 20.2 Å². The van der Waals surface area contributed by atoms with Crippen LogP contribution in [0.3, 0.4) is 0 Å². The van der Waals surface area contributed by atoms with Gasteiger partial charge in [0.05, 0.1) is 0 Å². The standard InChI is InChI=1S/C22H27N2O2S.C6H6S.C3H8.CH3.Sb/c1-15-6-4-8-17(12-15)13-19(23)22-24-20-10-9-18(14-21(20)27-22)26-11-5-7-16(2)25-3;7-6-4-2-1-3-5-6;1-3-2;;/h4,6,8-10,12,14,16,19,23H,5,7,11,13H2,1-3H3;1-5,7H;3H2,1-2H3;1H3;/q-1;;;;+2/p-1. The number of nitrogens with one attached hydrogen (secondary N) is 1. The molecule has 4 rings (SSSR count). The summed E-state index contributed by atoms with van der Waals surface area (Å²) < 4.78 is 16.6. The second kappa shape index (κ2) is 17.3. The molecule has 2 atom stereocenters. The van der Waals surface area contributed by atoms with E-state index >= 15 is 0 Å². The normalized spacial score (nSPS) is 12.7. The summed E-state index contributed by atoms with van der Waals surface area (Å²) in [6.07, 6.45) is 4.43. The van der Waals surface area contributed by atoms with Crippen molar-refractivity contribution in [1.29, 1.82) is 0 Å². The van der Waals surface area contributed by atoms with Crippen molar-refractivity contribution in [3.8, 4) is 5.75 Å². The van der Waals surface area contributed by atoms with Gasteiger partial charge in [0.25, 0.3) is 0 Å². The molecule has 0 fully saturated rings. The molecule has 0 amide bonds. The topological polar surface area (TPSA) is 43.4 Å². The van der Waals surface area contributed by atoms with Gasteiger partial charge in [-0.25, -0.2) is 0 Å². The van der Waals surface area contributed by atoms with Crippen molar-refractivity contribution in [3.63, 3.8) is 0 Å². The molecule has 0 saturated carbocycles. The number of benzene rings is 3. The zero-order chi connectivity index (χ0) is 28.0. The van der Waals surface area contributed by atoms with E-state index in [1.54, 1.807) is 18.4 Å². The summed E-state index contributed by atoms with van der Waals surface area (Å²) in [6.45, 7) is 9.20. The molecule has 1 N–H and O–H groups in total. The van der Waals surface area contributed by atoms with Crippen LogP contribution in [0.25, 0.3) is 10.2 Å². The molecule has 1 heterocycles. The van der Waals surface area contributed by atoms with Crippen molar-refractivity contribution in [2.45, 2.75) is 75.3 Å². The van der Waals surface area contributed by atoms with Crippen LogP contribution in [0.1, 0.15) is 62.2 Å². The van der Waals surface area contributed by atoms with Gasteiger partial charge in [-0.15, -0.1) is 0 Å². The van der Waals surface area contributed by atoms with Crippen molar-refractivity contribution in [1.82, 2.24) is 8.46 Å². The van der Waals surface area contributed by atoms with Gasteiger partial charge in [-0.3, -0.25) is 0 Å². The van der Waals surface area contributed by atoms with Gasteiger partial charge in [0.15, 0.2) is 0 Å². The predicted octanol–water partition coefficient (Wildman–Crippen LogP) is 9.00. The number of rotatable bonds is 13. The Labute approximate surface area is 249 Å². The van der Waals surface area contributed by atoms with Gasteiger partial charge in [0, 0.05) is 7.11 Å². The first-order valence-electron chi connectivity index (χ1n) is 13.8. The molecule has 0 saturated heterocycles. The van der Waals surface area contributed by atoms with Gasteiger partial charge in [-0.2, -0.15) is 0 Å². The maximum atomic E-state index is 6.03. The van der Waals surface area contributed by atoms with Crippen molar-refractivity contribution in [2.24, 2.45) is 0 Å². The Morgan fingerprint density at radius 2 is 1.79 bits per heavy atom. The Morgan fingerprint density at radius 1 is 1.03 bits per heavy atom. The summed E-state index contributed by atoms with van der Waals surface area (Å²) in [4.78, 5) is 8.82. The maximum absolute atomic E-state index is 6.03. The van der Waals surface area contributed by atoms with E-state index < -0.39 is 19.1 Å². The number of fused-ring (bicyclic) bond motifs is 1. The van der Waals surface area contributed by atoms with Crippen LogP contribution in [0.4, 0.5) is 0 Å². The summed E-state index contributed by atoms with van der Waals surface area (Å²) in [5.74, 6) is 0.913. The van der Waals surface area contributed by atoms with Crippen molar-refractivity contribution >= 4 is 49.5 Å². The molecule has 0 aliphatic rings. The summed E-state index contributed by atoms with van der Waals surface area (Å²) in [5, 5.41) is 1.16. The van der Waals surface area contributed by atoms with Crippen LogP contribution in [0.5, 0.6) is 5.75 Å². The molecule has 4 nitrogen and oxygen atoms in total. The van der Waals surface area contributed by atoms with Crippen molar-refractivity contribution in [2.75, 3.05) is 13.7 Å². The zero-order valence-electron chi connectivity index (χ0n) is 24.1. The fourth-order valence-corrected chi connectivity index (χ4v) is 12.9. The van der Waals surface area contributed by atoms with Crippen molar-refractivity contribution in [3.05, 3.63) is 88.9 Å². The van der Waals surface area contributed by atoms with Crippen LogP contribution in [-0.2, 0) is 11.2 Å². The predicted molar refractivity (Wildman–Crippen MR) is 171 cm³/mol. The molecule has 7 heteroatoms. The first kappa shape index (κ1) is 32.0. The Hall–Kier alpha value is -1.56. The fourth-order valence-electron chi connectivity index (χ4n) is 3.99. The number of nitrogens with zero attached hydrogens (tertiary/aromatic N) is 1. The minimum atomic E-state index is -1.79. The van der Waals surface area contributed by atoms with Gasteiger partial charge < -0.3 is 4.74 Å². The molecule has 0 spiro atoms. The summed E-state index contributed by atoms with van der Waals surface area (Å²) >= 11 is -0.00247. The van der Waals surface area contributed by atoms with Crippen molar-refractivity contribution < 1.29 is 9.47 Å². The number of ether oxygens (including phenoxy) is 2. The average molecular weight is 674 g/mol. The summed E-state index contributed by atoms with van der Waals surface area (Å²) in [5.41, 5.74) is 3.69. The van der Waals surface area contributed by atoms with E-state index in [4.69, 9.17) is 14.5 Å². The Bertz CT molecular complexity index is 1250. The van der Waals surface area contributed by atoms with Crippen LogP contribution in [0.15, 0.2) is 77.7 Å². The molecular weight excluding hydrogens is 630 g/mol. The molecule has 1 aromatic heterocycles. The minimum absolute atomic E-state index is 0.202. The SMILES string of the molecule is CCC.COC(C)CCCOc1ccc2nc(C(Cc3cccc(C)c3)[NH][Sb]([CH3])[S]c3ccccc3)sc2c1. The van der Waals surface area contributed by atoms with Crippen LogP contribution < -0.4 is 8.21 Å². The second-order valence-electron chi connectivity index (χ2n) is 9.70. The number of aromatic nitrogens is 1. The first-order chi connectivity index (χ1) is 18.9. The molecule has 3 aromatic carbocycles. The molecule has 0 aliphatic carbocycles. The van der Waals surface area contributed by atoms with Gasteiger partial charge in [0.2, 0.25) is 0 Å². The van der Waals surface area contributed by atoms with E-state index in [1.165, 1.54) is 27.1 Å². The zero-order valence-corrected chi connectivity index (χ0v) is 28.3. The number of thiazole rings is 1. The van der Waals surface area contributed by atoms with E-state index in [2.05, 4.69) is 103 Å². The van der Waals surface area contributed by atoms with Gasteiger partial charge in [-0.05, 0) is 6.92 Å². The third kappa shape index (κ3) is 11.1. The number of hydrogen-bond donors (Lipinski definition) is 1. The van der Waals surface area contributed by atoms with Crippen LogP contribution in [0, 0.1) is 6.92 Å². The van der Waals surface area contributed by atoms with Gasteiger partial charge in [0.1, 0.15) is 0 Å². The Balaban J connectivity index is 0.00000134. The number of methoxy groups -OCH3 is 1. The molecular formula is C32H43N2O2S2Sb. The van der Waals surface area contributed by atoms with E-state index in [0.29, 0.717) is 6.61 Å². The van der Waals surface area contributed by atoms with Crippen LogP contribution in [0.2, 0.25) is 4.87 Å². The quantitative estimate of drug-likeness (QED) is 0.113. The van der Waals surface area contributed by atoms with Gasteiger partial charge in [-0.1, -0.05) is 20.3 Å². The third-order valence-electron chi connectivity index (χ3n) is 5.95. The first-order valence-corrected chi connectivity index (χ1v) is 22.3. The van der Waals surface area contributed by atoms with Crippen LogP contribution in [-0.4, -0.2) is 43.9 Å². The molecule has 4 aromatic rings. The molecule has 0 aliphatic heterocycles. The van der Waals surface area contributed by atoms with E-state index in [1.807, 2.05) is 14.9 Å². The molecule has 0 bridgehead atoms. The molecule has 0 radical (unpaired) electrons. The Morgan fingerprint density at radius 3 is 2.51 bits per heavy atom.